The van der Waals surface area contributed by atoms with E-state index in [9.17, 15) is 5.11 Å². The van der Waals surface area contributed by atoms with E-state index < -0.39 is 0 Å². The number of rotatable bonds is 4. The molecule has 0 saturated heterocycles. The molecule has 0 bridgehead atoms. The molecule has 1 aliphatic carbocycles. The number of hydrogen-bond donors (Lipinski definition) is 2. The highest BCUT2D eigenvalue weighted by Gasteiger charge is 2.32. The van der Waals surface area contributed by atoms with Crippen molar-refractivity contribution in [3.63, 3.8) is 0 Å². The number of fused-ring (bicyclic) bond motifs is 2. The van der Waals surface area contributed by atoms with Crippen LogP contribution in [0.3, 0.4) is 0 Å². The highest BCUT2D eigenvalue weighted by atomic mass is 16.3. The maximum Gasteiger partial charge on any atom is 0.156 e. The Hall–Kier alpha value is -3.36. The van der Waals surface area contributed by atoms with Crippen LogP contribution in [0.1, 0.15) is 55.0 Å². The van der Waals surface area contributed by atoms with Gasteiger partial charge < -0.3 is 14.7 Å². The Labute approximate surface area is 210 Å². The third kappa shape index (κ3) is 3.76. The molecule has 7 rings (SSSR count). The van der Waals surface area contributed by atoms with E-state index in [1.165, 1.54) is 5.69 Å². The van der Waals surface area contributed by atoms with Crippen LogP contribution in [0.25, 0.3) is 34.2 Å². The fourth-order valence-corrected chi connectivity index (χ4v) is 6.14. The van der Waals surface area contributed by atoms with Gasteiger partial charge in [-0.2, -0.15) is 0 Å². The second kappa shape index (κ2) is 8.64. The largest absolute Gasteiger partial charge is 0.393 e. The maximum atomic E-state index is 9.85. The quantitative estimate of drug-likeness (QED) is 0.452. The van der Waals surface area contributed by atoms with Gasteiger partial charge >= 0.3 is 0 Å². The first kappa shape index (κ1) is 21.9. The lowest BCUT2D eigenvalue weighted by molar-refractivity contribution is 0.0719. The molecule has 0 atom stereocenters. The molecule has 0 unspecified atom stereocenters. The average molecular weight is 482 g/mol. The first-order valence-electron chi connectivity index (χ1n) is 13.1. The summed E-state index contributed by atoms with van der Waals surface area (Å²) in [6.45, 7) is 4.75. The van der Waals surface area contributed by atoms with Crippen LogP contribution >= 0.6 is 0 Å². The molecule has 184 valence electrons. The van der Waals surface area contributed by atoms with Crippen LogP contribution in [0.5, 0.6) is 0 Å². The van der Waals surface area contributed by atoms with E-state index >= 15 is 0 Å². The molecule has 6 heterocycles. The highest BCUT2D eigenvalue weighted by Crippen LogP contribution is 2.37. The van der Waals surface area contributed by atoms with Crippen molar-refractivity contribution in [1.82, 2.24) is 34.4 Å². The summed E-state index contributed by atoms with van der Waals surface area (Å²) in [5.74, 6) is 1.96. The van der Waals surface area contributed by atoms with Crippen LogP contribution in [0.15, 0.2) is 36.5 Å². The fourth-order valence-electron chi connectivity index (χ4n) is 6.14. The van der Waals surface area contributed by atoms with E-state index in [4.69, 9.17) is 15.0 Å². The molecule has 8 nitrogen and oxygen atoms in total. The molecule has 4 aromatic rings. The molecule has 2 aliphatic heterocycles. The summed E-state index contributed by atoms with van der Waals surface area (Å²) in [6.07, 6.45) is 7.81. The first-order valence-corrected chi connectivity index (χ1v) is 13.1. The number of aryl methyl sites for hydroxylation is 2. The molecule has 1 saturated carbocycles. The van der Waals surface area contributed by atoms with Crippen molar-refractivity contribution in [3.05, 3.63) is 59.4 Å². The lowest BCUT2D eigenvalue weighted by atomic mass is 9.92. The van der Waals surface area contributed by atoms with Gasteiger partial charge in [-0.1, -0.05) is 6.07 Å². The number of imidazole rings is 2. The van der Waals surface area contributed by atoms with Crippen LogP contribution in [0.4, 0.5) is 0 Å². The van der Waals surface area contributed by atoms with Gasteiger partial charge in [0.2, 0.25) is 0 Å². The van der Waals surface area contributed by atoms with Crippen LogP contribution in [0.2, 0.25) is 0 Å². The van der Waals surface area contributed by atoms with E-state index in [1.54, 1.807) is 0 Å². The van der Waals surface area contributed by atoms with Crippen molar-refractivity contribution < 1.29 is 5.11 Å². The zero-order chi connectivity index (χ0) is 24.2. The van der Waals surface area contributed by atoms with Crippen molar-refractivity contribution in [2.45, 2.75) is 77.2 Å². The number of H-pyrrole nitrogens is 1. The van der Waals surface area contributed by atoms with Gasteiger partial charge in [-0.3, -0.25) is 14.9 Å². The molecule has 2 N–H and O–H groups in total. The zero-order valence-corrected chi connectivity index (χ0v) is 20.6. The smallest absolute Gasteiger partial charge is 0.156 e. The molecule has 1 fully saturated rings. The summed E-state index contributed by atoms with van der Waals surface area (Å²) in [4.78, 5) is 25.5. The molecule has 8 heteroatoms. The topological polar surface area (TPSA) is 95.8 Å². The van der Waals surface area contributed by atoms with Crippen molar-refractivity contribution >= 4 is 0 Å². The van der Waals surface area contributed by atoms with Crippen LogP contribution in [-0.2, 0) is 26.1 Å². The predicted octanol–water partition coefficient (Wildman–Crippen LogP) is 4.27. The van der Waals surface area contributed by atoms with E-state index in [-0.39, 0.29) is 6.10 Å². The number of nitrogens with one attached hydrogen (secondary N) is 1. The first-order chi connectivity index (χ1) is 17.6. The van der Waals surface area contributed by atoms with E-state index in [0.29, 0.717) is 6.04 Å². The van der Waals surface area contributed by atoms with Crippen LogP contribution in [-0.4, -0.2) is 51.6 Å². The van der Waals surface area contributed by atoms with Gasteiger partial charge in [0.1, 0.15) is 17.2 Å². The van der Waals surface area contributed by atoms with Crippen molar-refractivity contribution in [2.75, 3.05) is 0 Å². The molecule has 0 aromatic carbocycles. The highest BCUT2D eigenvalue weighted by molar-refractivity contribution is 5.79. The molecule has 0 spiro atoms. The Bertz CT molecular complexity index is 1410. The number of aromatic amines is 1. The second-order valence-electron chi connectivity index (χ2n) is 10.5. The summed E-state index contributed by atoms with van der Waals surface area (Å²) in [5.41, 5.74) is 8.23. The number of pyridine rings is 2. The minimum atomic E-state index is -0.121. The van der Waals surface area contributed by atoms with Crippen LogP contribution < -0.4 is 0 Å². The third-order valence-corrected chi connectivity index (χ3v) is 8.00. The van der Waals surface area contributed by atoms with Gasteiger partial charge in [0.25, 0.3) is 0 Å². The summed E-state index contributed by atoms with van der Waals surface area (Å²) in [6, 6.07) is 10.9. The fraction of sp³-hybridized carbons (Fsp3) is 0.429. The SMILES string of the molecule is Cc1cccc(-c2nc3n(c2-c2ccnc(-c4nc5c([nH]4)CN(C4CCC(O)CC4)C5)c2)CCC3)n1. The number of hydrogen-bond acceptors (Lipinski definition) is 6. The average Bonchev–Trinajstić information content (AvgIpc) is 3.64. The van der Waals surface area contributed by atoms with Crippen molar-refractivity contribution in [2.24, 2.45) is 0 Å². The standard InChI is InChI=1S/C28H31N7O/c1-17-4-2-5-21(30-17)26-27(35-13-3-6-25(35)33-26)18-11-12-29-22(14-18)28-31-23-15-34(16-24(23)32-28)19-7-9-20(36)10-8-19/h2,4-5,11-12,14,19-20,36H,3,6-10,13,15-16H2,1H3,(H,31,32). The minimum Gasteiger partial charge on any atom is -0.393 e. The maximum absolute atomic E-state index is 9.85. The molecular formula is C28H31N7O. The number of aromatic nitrogens is 6. The van der Waals surface area contributed by atoms with Crippen molar-refractivity contribution in [1.29, 1.82) is 0 Å². The zero-order valence-electron chi connectivity index (χ0n) is 20.6. The molecular weight excluding hydrogens is 450 g/mol. The summed E-state index contributed by atoms with van der Waals surface area (Å²) in [7, 11) is 0. The Morgan fingerprint density at radius 1 is 1.00 bits per heavy atom. The Kier molecular flexibility index (Phi) is 5.25. The normalized spacial score (nSPS) is 21.6. The van der Waals surface area contributed by atoms with Gasteiger partial charge in [-0.15, -0.1) is 0 Å². The van der Waals surface area contributed by atoms with Gasteiger partial charge in [-0.05, 0) is 63.3 Å². The Balaban J connectivity index is 1.20. The summed E-state index contributed by atoms with van der Waals surface area (Å²) in [5, 5.41) is 9.85. The molecule has 3 aliphatic rings. The van der Waals surface area contributed by atoms with Crippen LogP contribution in [0, 0.1) is 6.92 Å². The van der Waals surface area contributed by atoms with Gasteiger partial charge in [0.15, 0.2) is 5.82 Å². The van der Waals surface area contributed by atoms with Crippen molar-refractivity contribution in [3.8, 4) is 34.2 Å². The summed E-state index contributed by atoms with van der Waals surface area (Å²) >= 11 is 0. The molecule has 0 amide bonds. The lowest BCUT2D eigenvalue weighted by Crippen LogP contribution is -2.35. The van der Waals surface area contributed by atoms with E-state index in [2.05, 4.69) is 31.6 Å². The summed E-state index contributed by atoms with van der Waals surface area (Å²) < 4.78 is 2.35. The minimum absolute atomic E-state index is 0.121. The predicted molar refractivity (Wildman–Crippen MR) is 137 cm³/mol. The molecule has 4 aromatic heterocycles. The van der Waals surface area contributed by atoms with Gasteiger partial charge in [-0.25, -0.2) is 9.97 Å². The van der Waals surface area contributed by atoms with Gasteiger partial charge in [0, 0.05) is 49.6 Å². The van der Waals surface area contributed by atoms with E-state index in [0.717, 1.165) is 110 Å². The lowest BCUT2D eigenvalue weighted by Gasteiger charge is -2.32. The Morgan fingerprint density at radius 3 is 2.72 bits per heavy atom. The molecule has 36 heavy (non-hydrogen) atoms. The second-order valence-corrected chi connectivity index (χ2v) is 10.5. The Morgan fingerprint density at radius 2 is 1.89 bits per heavy atom. The van der Waals surface area contributed by atoms with E-state index in [1.807, 2.05) is 31.3 Å². The number of aliphatic hydroxyl groups excluding tert-OH is 1. The third-order valence-electron chi connectivity index (χ3n) is 8.00. The van der Waals surface area contributed by atoms with Gasteiger partial charge in [0.05, 0.1) is 28.9 Å². The monoisotopic (exact) mass is 481 g/mol. The number of aliphatic hydroxyl groups is 1. The molecule has 0 radical (unpaired) electrons. The number of nitrogens with zero attached hydrogens (tertiary/aromatic N) is 6.